The van der Waals surface area contributed by atoms with Gasteiger partial charge < -0.3 is 14.8 Å². The maximum absolute atomic E-state index is 11.5. The minimum atomic E-state index is -0.360. The molecule has 0 atom stereocenters. The van der Waals surface area contributed by atoms with E-state index in [9.17, 15) is 9.90 Å². The summed E-state index contributed by atoms with van der Waals surface area (Å²) in [4.78, 5) is 11.5. The van der Waals surface area contributed by atoms with Gasteiger partial charge in [-0.25, -0.2) is 4.79 Å². The summed E-state index contributed by atoms with van der Waals surface area (Å²) in [7, 11) is 0. The van der Waals surface area contributed by atoms with Gasteiger partial charge in [-0.05, 0) is 52.7 Å². The minimum absolute atomic E-state index is 0.198. The molecule has 0 bridgehead atoms. The van der Waals surface area contributed by atoms with E-state index in [4.69, 9.17) is 4.42 Å². The van der Waals surface area contributed by atoms with E-state index in [1.807, 2.05) is 25.1 Å². The molecule has 1 aromatic heterocycles. The van der Waals surface area contributed by atoms with Crippen molar-refractivity contribution in [3.8, 4) is 5.75 Å². The first kappa shape index (κ1) is 16.1. The van der Waals surface area contributed by atoms with Crippen molar-refractivity contribution in [3.63, 3.8) is 0 Å². The van der Waals surface area contributed by atoms with E-state index in [1.54, 1.807) is 12.1 Å². The molecule has 0 radical (unpaired) electrons. The molecule has 6 heteroatoms. The first-order valence-electron chi connectivity index (χ1n) is 6.89. The van der Waals surface area contributed by atoms with Crippen LogP contribution in [0.4, 0.5) is 5.69 Å². The first-order chi connectivity index (χ1) is 10.9. The zero-order valence-electron chi connectivity index (χ0n) is 12.2. The molecule has 0 spiro atoms. The third-order valence-electron chi connectivity index (χ3n) is 3.54. The summed E-state index contributed by atoms with van der Waals surface area (Å²) in [6, 6.07) is 10.7. The Morgan fingerprint density at radius 2 is 1.96 bits per heavy atom. The lowest BCUT2D eigenvalue weighted by Crippen LogP contribution is -2.01. The molecule has 4 nitrogen and oxygen atoms in total. The van der Waals surface area contributed by atoms with Crippen LogP contribution in [0.2, 0.25) is 0 Å². The molecule has 118 valence electrons. The van der Waals surface area contributed by atoms with Crippen molar-refractivity contribution < 1.29 is 9.52 Å². The number of hydrogen-bond acceptors (Lipinski definition) is 4. The van der Waals surface area contributed by atoms with Gasteiger partial charge in [0.2, 0.25) is 0 Å². The third-order valence-corrected chi connectivity index (χ3v) is 4.60. The maximum Gasteiger partial charge on any atom is 0.336 e. The fraction of sp³-hybridized carbons (Fsp3) is 0.118. The Morgan fingerprint density at radius 1 is 1.17 bits per heavy atom. The van der Waals surface area contributed by atoms with Gasteiger partial charge in [-0.1, -0.05) is 15.9 Å². The molecule has 0 unspecified atom stereocenters. The molecule has 0 aliphatic carbocycles. The van der Waals surface area contributed by atoms with Crippen LogP contribution < -0.4 is 10.9 Å². The van der Waals surface area contributed by atoms with Crippen LogP contribution in [0, 0.1) is 6.92 Å². The quantitative estimate of drug-likeness (QED) is 0.568. The molecule has 0 aliphatic heterocycles. The van der Waals surface area contributed by atoms with Gasteiger partial charge >= 0.3 is 5.63 Å². The van der Waals surface area contributed by atoms with Gasteiger partial charge in [-0.2, -0.15) is 0 Å². The molecule has 3 aromatic rings. The van der Waals surface area contributed by atoms with E-state index in [2.05, 4.69) is 37.2 Å². The lowest BCUT2D eigenvalue weighted by Gasteiger charge is -2.11. The predicted molar refractivity (Wildman–Crippen MR) is 98.1 cm³/mol. The molecule has 0 saturated carbocycles. The van der Waals surface area contributed by atoms with Gasteiger partial charge in [0, 0.05) is 39.8 Å². The third kappa shape index (κ3) is 3.43. The Labute approximate surface area is 149 Å². The SMILES string of the molecule is Cc1cc(=O)oc2cc(NCc3cc(Br)cc(Br)c3O)ccc12. The normalized spacial score (nSPS) is 10.9. The summed E-state index contributed by atoms with van der Waals surface area (Å²) in [6.07, 6.45) is 0. The van der Waals surface area contributed by atoms with Crippen molar-refractivity contribution in [1.29, 1.82) is 0 Å². The van der Waals surface area contributed by atoms with Crippen LogP contribution in [0.1, 0.15) is 11.1 Å². The van der Waals surface area contributed by atoms with Gasteiger partial charge in [-0.15, -0.1) is 0 Å². The number of benzene rings is 2. The molecule has 0 saturated heterocycles. The molecule has 3 rings (SSSR count). The van der Waals surface area contributed by atoms with Crippen LogP contribution in [0.5, 0.6) is 5.75 Å². The minimum Gasteiger partial charge on any atom is -0.506 e. The molecule has 2 aromatic carbocycles. The number of rotatable bonds is 3. The van der Waals surface area contributed by atoms with Crippen molar-refractivity contribution >= 4 is 48.5 Å². The number of anilines is 1. The van der Waals surface area contributed by atoms with Gasteiger partial charge in [0.1, 0.15) is 11.3 Å². The van der Waals surface area contributed by atoms with Crippen LogP contribution in [-0.2, 0) is 6.54 Å². The van der Waals surface area contributed by atoms with Crippen LogP contribution in [0.3, 0.4) is 0 Å². The topological polar surface area (TPSA) is 62.5 Å². The number of hydrogen-bond donors (Lipinski definition) is 2. The maximum atomic E-state index is 11.5. The number of nitrogens with one attached hydrogen (secondary N) is 1. The van der Waals surface area contributed by atoms with Gasteiger partial charge in [-0.3, -0.25) is 0 Å². The van der Waals surface area contributed by atoms with E-state index >= 15 is 0 Å². The van der Waals surface area contributed by atoms with Gasteiger partial charge in [0.05, 0.1) is 4.47 Å². The van der Waals surface area contributed by atoms with E-state index in [-0.39, 0.29) is 11.4 Å². The molecule has 2 N–H and O–H groups in total. The average molecular weight is 439 g/mol. The molecule has 1 heterocycles. The van der Waals surface area contributed by atoms with Crippen LogP contribution >= 0.6 is 31.9 Å². The van der Waals surface area contributed by atoms with Crippen LogP contribution in [-0.4, -0.2) is 5.11 Å². The zero-order valence-corrected chi connectivity index (χ0v) is 15.4. The summed E-state index contributed by atoms with van der Waals surface area (Å²) in [5, 5.41) is 14.2. The lowest BCUT2D eigenvalue weighted by atomic mass is 10.1. The smallest absolute Gasteiger partial charge is 0.336 e. The number of phenolic OH excluding ortho intramolecular Hbond substituents is 1. The summed E-state index contributed by atoms with van der Waals surface area (Å²) in [6.45, 7) is 2.31. The summed E-state index contributed by atoms with van der Waals surface area (Å²) >= 11 is 6.72. The Kier molecular flexibility index (Phi) is 4.46. The fourth-order valence-corrected chi connectivity index (χ4v) is 3.70. The highest BCUT2D eigenvalue weighted by Gasteiger charge is 2.08. The Balaban J connectivity index is 1.89. The summed E-state index contributed by atoms with van der Waals surface area (Å²) in [5.41, 5.74) is 2.62. The number of aromatic hydroxyl groups is 1. The highest BCUT2D eigenvalue weighted by Crippen LogP contribution is 2.32. The lowest BCUT2D eigenvalue weighted by molar-refractivity contribution is 0.465. The first-order valence-corrected chi connectivity index (χ1v) is 8.48. The van der Waals surface area contributed by atoms with E-state index < -0.39 is 0 Å². The Morgan fingerprint density at radius 3 is 2.74 bits per heavy atom. The Bertz CT molecular complexity index is 950. The zero-order chi connectivity index (χ0) is 16.6. The summed E-state index contributed by atoms with van der Waals surface area (Å²) < 4.78 is 6.74. The largest absolute Gasteiger partial charge is 0.506 e. The number of fused-ring (bicyclic) bond motifs is 1. The number of phenols is 1. The second-order valence-electron chi connectivity index (χ2n) is 5.21. The second-order valence-corrected chi connectivity index (χ2v) is 6.98. The van der Waals surface area contributed by atoms with Crippen molar-refractivity contribution in [2.75, 3.05) is 5.32 Å². The highest BCUT2D eigenvalue weighted by molar-refractivity contribution is 9.11. The number of aryl methyl sites for hydroxylation is 1. The van der Waals surface area contributed by atoms with Crippen molar-refractivity contribution in [1.82, 2.24) is 0 Å². The number of halogens is 2. The fourth-order valence-electron chi connectivity index (χ4n) is 2.39. The van der Waals surface area contributed by atoms with Crippen LogP contribution in [0.15, 0.2) is 54.6 Å². The predicted octanol–water partition coefficient (Wildman–Crippen LogP) is 4.94. The summed E-state index contributed by atoms with van der Waals surface area (Å²) in [5.74, 6) is 0.198. The van der Waals surface area contributed by atoms with Gasteiger partial charge in [0.15, 0.2) is 0 Å². The Hall–Kier alpha value is -1.79. The molecular weight excluding hydrogens is 426 g/mol. The monoisotopic (exact) mass is 437 g/mol. The highest BCUT2D eigenvalue weighted by atomic mass is 79.9. The van der Waals surface area contributed by atoms with Crippen molar-refractivity contribution in [2.24, 2.45) is 0 Å². The average Bonchev–Trinajstić information content (AvgIpc) is 2.48. The molecule has 0 amide bonds. The van der Waals surface area contributed by atoms with E-state index in [0.29, 0.717) is 16.6 Å². The standard InChI is InChI=1S/C17H13Br2NO3/c1-9-4-16(21)23-15-7-12(2-3-13(9)15)20-8-10-5-11(18)6-14(19)17(10)22/h2-7,20,22H,8H2,1H3. The molecule has 23 heavy (non-hydrogen) atoms. The van der Waals surface area contributed by atoms with E-state index in [0.717, 1.165) is 26.7 Å². The molecule has 0 fully saturated rings. The van der Waals surface area contributed by atoms with Crippen molar-refractivity contribution in [3.05, 3.63) is 66.9 Å². The second kappa shape index (κ2) is 6.37. The van der Waals surface area contributed by atoms with Crippen molar-refractivity contribution in [2.45, 2.75) is 13.5 Å². The van der Waals surface area contributed by atoms with Gasteiger partial charge in [0.25, 0.3) is 0 Å². The molecular formula is C17H13Br2NO3. The van der Waals surface area contributed by atoms with E-state index in [1.165, 1.54) is 6.07 Å². The molecule has 0 aliphatic rings. The van der Waals surface area contributed by atoms with Crippen LogP contribution in [0.25, 0.3) is 11.0 Å².